The molecule has 2 rings (SSSR count). The number of thiophene rings is 1. The molecule has 0 unspecified atom stereocenters. The van der Waals surface area contributed by atoms with Crippen molar-refractivity contribution in [2.45, 2.75) is 20.3 Å². The van der Waals surface area contributed by atoms with Crippen molar-refractivity contribution in [1.29, 1.82) is 5.26 Å². The fourth-order valence-electron chi connectivity index (χ4n) is 1.93. The van der Waals surface area contributed by atoms with Crippen LogP contribution in [0.2, 0.25) is 5.02 Å². The lowest BCUT2D eigenvalue weighted by Crippen LogP contribution is -1.91. The molecule has 2 aromatic rings. The predicted octanol–water partition coefficient (Wildman–Crippen LogP) is 4.39. The number of rotatable bonds is 2. The van der Waals surface area contributed by atoms with Gasteiger partial charge in [-0.25, -0.2) is 0 Å². The first-order valence-electron chi connectivity index (χ1n) is 5.66. The van der Waals surface area contributed by atoms with E-state index in [1.807, 2.05) is 32.0 Å². The highest BCUT2D eigenvalue weighted by Gasteiger charge is 2.16. The van der Waals surface area contributed by atoms with E-state index in [-0.39, 0.29) is 0 Å². The van der Waals surface area contributed by atoms with Crippen LogP contribution in [0, 0.1) is 18.3 Å². The molecule has 0 atom stereocenters. The van der Waals surface area contributed by atoms with Gasteiger partial charge in [0.15, 0.2) is 0 Å². The lowest BCUT2D eigenvalue weighted by molar-refractivity contribution is 1.16. The molecule has 1 aromatic carbocycles. The summed E-state index contributed by atoms with van der Waals surface area (Å²) in [5, 5.41) is 9.81. The van der Waals surface area contributed by atoms with Crippen molar-refractivity contribution in [3.63, 3.8) is 0 Å². The summed E-state index contributed by atoms with van der Waals surface area (Å²) in [6, 6.07) is 8.04. The minimum absolute atomic E-state index is 0.592. The van der Waals surface area contributed by atoms with E-state index in [4.69, 9.17) is 22.6 Å². The first-order chi connectivity index (χ1) is 8.58. The van der Waals surface area contributed by atoms with Crippen molar-refractivity contribution in [3.05, 3.63) is 39.2 Å². The van der Waals surface area contributed by atoms with E-state index in [1.165, 1.54) is 11.3 Å². The summed E-state index contributed by atoms with van der Waals surface area (Å²) in [4.78, 5) is 1.67. The van der Waals surface area contributed by atoms with Gasteiger partial charge in [-0.05, 0) is 42.2 Å². The summed E-state index contributed by atoms with van der Waals surface area (Å²) in [5.74, 6) is 0. The molecule has 0 aliphatic heterocycles. The van der Waals surface area contributed by atoms with E-state index in [1.54, 1.807) is 0 Å². The molecule has 0 spiro atoms. The van der Waals surface area contributed by atoms with Gasteiger partial charge >= 0.3 is 0 Å². The Bertz CT molecular complexity index is 638. The fraction of sp³-hybridized carbons (Fsp3) is 0.214. The number of hydrogen-bond acceptors (Lipinski definition) is 3. The van der Waals surface area contributed by atoms with Gasteiger partial charge in [-0.2, -0.15) is 5.26 Å². The number of nitrogens with two attached hydrogens (primary N) is 1. The number of benzene rings is 1. The number of aryl methyl sites for hydroxylation is 1. The highest BCUT2D eigenvalue weighted by molar-refractivity contribution is 7.16. The molecule has 0 saturated carbocycles. The van der Waals surface area contributed by atoms with Crippen LogP contribution < -0.4 is 5.73 Å². The van der Waals surface area contributed by atoms with Gasteiger partial charge in [0.05, 0.1) is 5.69 Å². The molecule has 1 aromatic heterocycles. The van der Waals surface area contributed by atoms with E-state index in [9.17, 15) is 0 Å². The zero-order chi connectivity index (χ0) is 13.3. The summed E-state index contributed by atoms with van der Waals surface area (Å²) in [6.45, 7) is 4.02. The number of hydrogen-bond donors (Lipinski definition) is 1. The Labute approximate surface area is 116 Å². The lowest BCUT2D eigenvalue weighted by atomic mass is 10.0. The van der Waals surface area contributed by atoms with Crippen LogP contribution in [-0.2, 0) is 6.42 Å². The zero-order valence-corrected chi connectivity index (χ0v) is 11.8. The van der Waals surface area contributed by atoms with E-state index < -0.39 is 0 Å². The molecule has 0 bridgehead atoms. The average molecular weight is 277 g/mol. The van der Waals surface area contributed by atoms with E-state index in [0.717, 1.165) is 33.0 Å². The van der Waals surface area contributed by atoms with Gasteiger partial charge in [0, 0.05) is 9.90 Å². The van der Waals surface area contributed by atoms with Gasteiger partial charge in [0.2, 0.25) is 0 Å². The summed E-state index contributed by atoms with van der Waals surface area (Å²) >= 11 is 7.48. The van der Waals surface area contributed by atoms with Crippen molar-refractivity contribution in [2.24, 2.45) is 0 Å². The third kappa shape index (κ3) is 2.10. The van der Waals surface area contributed by atoms with Crippen molar-refractivity contribution < 1.29 is 0 Å². The van der Waals surface area contributed by atoms with Crippen LogP contribution in [-0.4, -0.2) is 0 Å². The number of nitriles is 1. The second kappa shape index (κ2) is 5.01. The molecule has 2 N–H and O–H groups in total. The van der Waals surface area contributed by atoms with Crippen LogP contribution in [0.25, 0.3) is 10.4 Å². The van der Waals surface area contributed by atoms with Crippen LogP contribution in [0.5, 0.6) is 0 Å². The highest BCUT2D eigenvalue weighted by atomic mass is 35.5. The standard InChI is InChI=1S/C14H13ClN2S/c1-3-10-13(17)12(7-16)18-14(10)9-4-5-11(15)8(2)6-9/h4-6H,3,17H2,1-2H3. The fourth-order valence-corrected chi connectivity index (χ4v) is 3.15. The molecule has 0 saturated heterocycles. The minimum atomic E-state index is 0.592. The first kappa shape index (κ1) is 12.9. The Morgan fingerprint density at radius 1 is 1.44 bits per heavy atom. The second-order valence-corrected chi connectivity index (χ2v) is 5.51. The number of nitrogens with zero attached hydrogens (tertiary/aromatic N) is 1. The first-order valence-corrected chi connectivity index (χ1v) is 6.85. The molecule has 0 aliphatic carbocycles. The lowest BCUT2D eigenvalue weighted by Gasteiger charge is -2.05. The van der Waals surface area contributed by atoms with Gasteiger partial charge in [-0.15, -0.1) is 11.3 Å². The topological polar surface area (TPSA) is 49.8 Å². The molecule has 18 heavy (non-hydrogen) atoms. The average Bonchev–Trinajstić information content (AvgIpc) is 2.69. The highest BCUT2D eigenvalue weighted by Crippen LogP contribution is 2.39. The minimum Gasteiger partial charge on any atom is -0.397 e. The summed E-state index contributed by atoms with van der Waals surface area (Å²) in [7, 11) is 0. The van der Waals surface area contributed by atoms with Crippen LogP contribution in [0.1, 0.15) is 22.9 Å². The summed E-state index contributed by atoms with van der Waals surface area (Å²) in [6.07, 6.45) is 0.820. The van der Waals surface area contributed by atoms with Crippen LogP contribution >= 0.6 is 22.9 Å². The molecule has 1 heterocycles. The van der Waals surface area contributed by atoms with Crippen molar-refractivity contribution in [3.8, 4) is 16.5 Å². The third-order valence-electron chi connectivity index (χ3n) is 2.92. The molecule has 0 aliphatic rings. The number of anilines is 1. The number of halogens is 1. The maximum absolute atomic E-state index is 9.06. The van der Waals surface area contributed by atoms with Crippen LogP contribution in [0.15, 0.2) is 18.2 Å². The summed E-state index contributed by atoms with van der Waals surface area (Å²) < 4.78 is 0. The maximum atomic E-state index is 9.06. The Kier molecular flexibility index (Phi) is 3.60. The quantitative estimate of drug-likeness (QED) is 0.884. The molecular formula is C14H13ClN2S. The molecule has 0 fully saturated rings. The Morgan fingerprint density at radius 2 is 2.17 bits per heavy atom. The second-order valence-electron chi connectivity index (χ2n) is 4.08. The monoisotopic (exact) mass is 276 g/mol. The largest absolute Gasteiger partial charge is 0.397 e. The van der Waals surface area contributed by atoms with Gasteiger partial charge in [-0.1, -0.05) is 24.6 Å². The van der Waals surface area contributed by atoms with Crippen molar-refractivity contribution in [2.75, 3.05) is 5.73 Å². The zero-order valence-electron chi connectivity index (χ0n) is 10.2. The molecule has 0 amide bonds. The molecular weight excluding hydrogens is 264 g/mol. The SMILES string of the molecule is CCc1c(-c2ccc(Cl)c(C)c2)sc(C#N)c1N. The molecule has 92 valence electrons. The van der Waals surface area contributed by atoms with Gasteiger partial charge in [0.1, 0.15) is 10.9 Å². The van der Waals surface area contributed by atoms with Crippen molar-refractivity contribution >= 4 is 28.6 Å². The molecule has 4 heteroatoms. The van der Waals surface area contributed by atoms with Gasteiger partial charge in [-0.3, -0.25) is 0 Å². The molecule has 0 radical (unpaired) electrons. The van der Waals surface area contributed by atoms with Gasteiger partial charge < -0.3 is 5.73 Å². The van der Waals surface area contributed by atoms with Crippen molar-refractivity contribution in [1.82, 2.24) is 0 Å². The van der Waals surface area contributed by atoms with E-state index in [2.05, 4.69) is 6.07 Å². The van der Waals surface area contributed by atoms with Crippen LogP contribution in [0.4, 0.5) is 5.69 Å². The summed E-state index contributed by atoms with van der Waals surface area (Å²) in [5.41, 5.74) is 9.77. The number of nitrogen functional groups attached to an aromatic ring is 1. The Morgan fingerprint density at radius 3 is 2.72 bits per heavy atom. The molecule has 2 nitrogen and oxygen atoms in total. The maximum Gasteiger partial charge on any atom is 0.128 e. The smallest absolute Gasteiger partial charge is 0.128 e. The van der Waals surface area contributed by atoms with Gasteiger partial charge in [0.25, 0.3) is 0 Å². The third-order valence-corrected chi connectivity index (χ3v) is 4.55. The van der Waals surface area contributed by atoms with E-state index in [0.29, 0.717) is 10.6 Å². The van der Waals surface area contributed by atoms with Crippen LogP contribution in [0.3, 0.4) is 0 Å². The Balaban J connectivity index is 2.63. The Hall–Kier alpha value is -1.50. The predicted molar refractivity (Wildman–Crippen MR) is 78.0 cm³/mol. The normalized spacial score (nSPS) is 10.3. The van der Waals surface area contributed by atoms with E-state index >= 15 is 0 Å².